The molecule has 2 atom stereocenters. The van der Waals surface area contributed by atoms with Crippen LogP contribution in [0.3, 0.4) is 0 Å². The molecule has 1 fully saturated rings. The van der Waals surface area contributed by atoms with E-state index in [1.54, 1.807) is 18.2 Å². The Morgan fingerprint density at radius 3 is 2.90 bits per heavy atom. The molecule has 3 aliphatic rings. The van der Waals surface area contributed by atoms with Crippen molar-refractivity contribution in [2.24, 2.45) is 5.92 Å². The van der Waals surface area contributed by atoms with Crippen LogP contribution in [0, 0.1) is 5.92 Å². The molecule has 0 spiro atoms. The van der Waals surface area contributed by atoms with Gasteiger partial charge < -0.3 is 19.5 Å². The summed E-state index contributed by atoms with van der Waals surface area (Å²) in [6.07, 6.45) is 2.23. The summed E-state index contributed by atoms with van der Waals surface area (Å²) in [4.78, 5) is 38.4. The van der Waals surface area contributed by atoms with E-state index in [1.807, 2.05) is 27.7 Å². The van der Waals surface area contributed by atoms with Crippen molar-refractivity contribution in [1.82, 2.24) is 9.47 Å². The summed E-state index contributed by atoms with van der Waals surface area (Å²) in [6, 6.07) is 11.0. The fraction of sp³-hybridized carbons (Fsp3) is 0.409. The van der Waals surface area contributed by atoms with Crippen LogP contribution in [-0.4, -0.2) is 41.0 Å². The van der Waals surface area contributed by atoms with Crippen molar-refractivity contribution >= 4 is 17.5 Å². The molecule has 7 heteroatoms. The zero-order chi connectivity index (χ0) is 20.0. The van der Waals surface area contributed by atoms with Gasteiger partial charge >= 0.3 is 0 Å². The number of ether oxygens (including phenoxy) is 1. The first kappa shape index (κ1) is 18.0. The molecule has 0 aliphatic carbocycles. The van der Waals surface area contributed by atoms with Crippen LogP contribution in [-0.2, 0) is 22.6 Å². The lowest BCUT2D eigenvalue weighted by molar-refractivity contribution is -0.136. The molecule has 2 bridgehead atoms. The minimum atomic E-state index is -0.0480. The second kappa shape index (κ2) is 7.06. The number of hydrogen-bond donors (Lipinski definition) is 1. The van der Waals surface area contributed by atoms with Gasteiger partial charge in [0.05, 0.1) is 0 Å². The monoisotopic (exact) mass is 393 g/mol. The molecule has 1 N–H and O–H groups in total. The summed E-state index contributed by atoms with van der Waals surface area (Å²) in [7, 11) is 0. The molecular weight excluding hydrogens is 370 g/mol. The Morgan fingerprint density at radius 2 is 2.00 bits per heavy atom. The number of nitrogens with one attached hydrogen (secondary N) is 1. The van der Waals surface area contributed by atoms with Gasteiger partial charge in [0.1, 0.15) is 5.75 Å². The Balaban J connectivity index is 1.25. The van der Waals surface area contributed by atoms with Gasteiger partial charge in [-0.15, -0.1) is 0 Å². The van der Waals surface area contributed by atoms with Crippen LogP contribution in [0.1, 0.15) is 30.0 Å². The van der Waals surface area contributed by atoms with Crippen molar-refractivity contribution < 1.29 is 14.3 Å². The minimum absolute atomic E-state index is 0.00460. The number of amides is 2. The SMILES string of the molecule is O=C1CCc2ccc(OCC(=O)N3CC4CC(C3)c3cccc(=O)n3C4)cc2N1. The second-order valence-electron chi connectivity index (χ2n) is 8.15. The van der Waals surface area contributed by atoms with Crippen molar-refractivity contribution in [1.29, 1.82) is 0 Å². The Hall–Kier alpha value is -3.09. The molecule has 1 saturated heterocycles. The molecule has 3 aliphatic heterocycles. The molecule has 5 rings (SSSR count). The summed E-state index contributed by atoms with van der Waals surface area (Å²) >= 11 is 0. The van der Waals surface area contributed by atoms with Crippen LogP contribution in [0.25, 0.3) is 0 Å². The molecule has 1 aromatic heterocycles. The fourth-order valence-electron chi connectivity index (χ4n) is 4.78. The van der Waals surface area contributed by atoms with Gasteiger partial charge in [-0.3, -0.25) is 14.4 Å². The number of carbonyl (C=O) groups is 2. The van der Waals surface area contributed by atoms with Crippen LogP contribution >= 0.6 is 0 Å². The molecule has 7 nitrogen and oxygen atoms in total. The average Bonchev–Trinajstić information content (AvgIpc) is 2.72. The normalized spacial score (nSPS) is 22.3. The van der Waals surface area contributed by atoms with Gasteiger partial charge in [0, 0.05) is 55.5 Å². The van der Waals surface area contributed by atoms with E-state index in [1.165, 1.54) is 0 Å². The number of fused-ring (bicyclic) bond motifs is 5. The molecule has 0 radical (unpaired) electrons. The first-order chi connectivity index (χ1) is 14.1. The summed E-state index contributed by atoms with van der Waals surface area (Å²) < 4.78 is 7.60. The zero-order valence-electron chi connectivity index (χ0n) is 16.1. The lowest BCUT2D eigenvalue weighted by atomic mass is 9.83. The third-order valence-corrected chi connectivity index (χ3v) is 6.17. The van der Waals surface area contributed by atoms with E-state index in [2.05, 4.69) is 5.32 Å². The maximum absolute atomic E-state index is 12.8. The molecule has 2 unspecified atom stereocenters. The van der Waals surface area contributed by atoms with E-state index in [4.69, 9.17) is 4.74 Å². The van der Waals surface area contributed by atoms with Gasteiger partial charge in [0.15, 0.2) is 6.61 Å². The van der Waals surface area contributed by atoms with E-state index in [0.717, 1.165) is 29.8 Å². The number of likely N-dealkylation sites (tertiary alicyclic amines) is 1. The zero-order valence-corrected chi connectivity index (χ0v) is 16.1. The predicted octanol–water partition coefficient (Wildman–Crippen LogP) is 1.76. The molecule has 4 heterocycles. The first-order valence-electron chi connectivity index (χ1n) is 10.1. The number of nitrogens with zero attached hydrogens (tertiary/aromatic N) is 2. The van der Waals surface area contributed by atoms with Gasteiger partial charge in [-0.25, -0.2) is 0 Å². The summed E-state index contributed by atoms with van der Waals surface area (Å²) in [6.45, 7) is 1.90. The predicted molar refractivity (Wildman–Crippen MR) is 107 cm³/mol. The summed E-state index contributed by atoms with van der Waals surface area (Å²) in [5.74, 6) is 1.02. The van der Waals surface area contributed by atoms with Crippen molar-refractivity contribution in [2.75, 3.05) is 25.0 Å². The van der Waals surface area contributed by atoms with Gasteiger partial charge in [0.25, 0.3) is 11.5 Å². The van der Waals surface area contributed by atoms with E-state index in [0.29, 0.717) is 37.7 Å². The number of benzene rings is 1. The third-order valence-electron chi connectivity index (χ3n) is 6.17. The molecule has 2 amide bonds. The first-order valence-corrected chi connectivity index (χ1v) is 10.1. The van der Waals surface area contributed by atoms with Gasteiger partial charge in [-0.05, 0) is 36.5 Å². The molecule has 29 heavy (non-hydrogen) atoms. The van der Waals surface area contributed by atoms with E-state index in [9.17, 15) is 14.4 Å². The molecule has 1 aromatic carbocycles. The van der Waals surface area contributed by atoms with E-state index < -0.39 is 0 Å². The van der Waals surface area contributed by atoms with Crippen LogP contribution in [0.2, 0.25) is 0 Å². The van der Waals surface area contributed by atoms with Gasteiger partial charge in [0.2, 0.25) is 5.91 Å². The van der Waals surface area contributed by atoms with Crippen molar-refractivity contribution in [3.63, 3.8) is 0 Å². The lowest BCUT2D eigenvalue weighted by Gasteiger charge is -2.42. The van der Waals surface area contributed by atoms with Crippen molar-refractivity contribution in [3.8, 4) is 5.75 Å². The number of carbonyl (C=O) groups excluding carboxylic acids is 2. The third kappa shape index (κ3) is 3.41. The smallest absolute Gasteiger partial charge is 0.260 e. The average molecular weight is 393 g/mol. The van der Waals surface area contributed by atoms with E-state index in [-0.39, 0.29) is 29.9 Å². The minimum Gasteiger partial charge on any atom is -0.484 e. The van der Waals surface area contributed by atoms with Gasteiger partial charge in [-0.2, -0.15) is 0 Å². The Kier molecular flexibility index (Phi) is 4.38. The number of rotatable bonds is 3. The highest BCUT2D eigenvalue weighted by Gasteiger charge is 2.36. The molecular formula is C22H23N3O4. The van der Waals surface area contributed by atoms with E-state index >= 15 is 0 Å². The van der Waals surface area contributed by atoms with Crippen LogP contribution in [0.5, 0.6) is 5.75 Å². The Morgan fingerprint density at radius 1 is 1.10 bits per heavy atom. The second-order valence-corrected chi connectivity index (χ2v) is 8.15. The Labute approximate surface area is 168 Å². The maximum atomic E-state index is 12.8. The number of aryl methyl sites for hydroxylation is 1. The maximum Gasteiger partial charge on any atom is 0.260 e. The lowest BCUT2D eigenvalue weighted by Crippen LogP contribution is -2.50. The van der Waals surface area contributed by atoms with Crippen LogP contribution in [0.4, 0.5) is 5.69 Å². The number of pyridine rings is 1. The van der Waals surface area contributed by atoms with Crippen LogP contribution < -0.4 is 15.6 Å². The van der Waals surface area contributed by atoms with Crippen molar-refractivity contribution in [2.45, 2.75) is 31.7 Å². The quantitative estimate of drug-likeness (QED) is 0.862. The number of aromatic nitrogens is 1. The van der Waals surface area contributed by atoms with Crippen molar-refractivity contribution in [3.05, 3.63) is 58.0 Å². The highest BCUT2D eigenvalue weighted by molar-refractivity contribution is 5.94. The largest absolute Gasteiger partial charge is 0.484 e. The Bertz CT molecular complexity index is 1040. The number of piperidine rings is 1. The summed E-state index contributed by atoms with van der Waals surface area (Å²) in [5, 5.41) is 2.85. The number of anilines is 1. The molecule has 150 valence electrons. The molecule has 0 saturated carbocycles. The highest BCUT2D eigenvalue weighted by Crippen LogP contribution is 2.35. The van der Waals surface area contributed by atoms with Crippen LogP contribution in [0.15, 0.2) is 41.2 Å². The number of hydrogen-bond acceptors (Lipinski definition) is 4. The standard InChI is InChI=1S/C22H23N3O4/c26-20-7-5-15-4-6-17(9-18(15)23-20)29-13-22(28)24-10-14-8-16(12-24)19-2-1-3-21(27)25(19)11-14/h1-4,6,9,14,16H,5,7-8,10-13H2,(H,23,26). The molecule has 2 aromatic rings. The topological polar surface area (TPSA) is 80.6 Å². The fourth-order valence-corrected chi connectivity index (χ4v) is 4.78. The highest BCUT2D eigenvalue weighted by atomic mass is 16.5. The van der Waals surface area contributed by atoms with Gasteiger partial charge in [-0.1, -0.05) is 12.1 Å². The summed E-state index contributed by atoms with van der Waals surface area (Å²) in [5.41, 5.74) is 2.92.